The van der Waals surface area contributed by atoms with E-state index in [2.05, 4.69) is 100.0 Å². The van der Waals surface area contributed by atoms with Gasteiger partial charge in [0.05, 0.1) is 11.6 Å². The highest BCUT2D eigenvalue weighted by Crippen LogP contribution is 2.51. The molecule has 0 radical (unpaired) electrons. The van der Waals surface area contributed by atoms with Gasteiger partial charge in [0, 0.05) is 22.4 Å². The Kier molecular flexibility index (Phi) is 3.67. The van der Waals surface area contributed by atoms with Crippen LogP contribution in [-0.4, -0.2) is 18.3 Å². The lowest BCUT2D eigenvalue weighted by atomic mass is 9.60. The van der Waals surface area contributed by atoms with Crippen LogP contribution in [0, 0.1) is 5.41 Å². The first-order chi connectivity index (χ1) is 11.2. The molecule has 2 heteroatoms. The molecule has 24 heavy (non-hydrogen) atoms. The van der Waals surface area contributed by atoms with Gasteiger partial charge in [0.1, 0.15) is 0 Å². The lowest BCUT2D eigenvalue weighted by Crippen LogP contribution is -2.47. The van der Waals surface area contributed by atoms with Crippen LogP contribution in [0.1, 0.15) is 33.3 Å². The van der Waals surface area contributed by atoms with E-state index < -0.39 is 0 Å². The van der Waals surface area contributed by atoms with Gasteiger partial charge in [0.25, 0.3) is 0 Å². The van der Waals surface area contributed by atoms with Gasteiger partial charge in [-0.15, -0.1) is 0 Å². The van der Waals surface area contributed by atoms with E-state index in [-0.39, 0.29) is 17.0 Å². The zero-order chi connectivity index (χ0) is 17.7. The molecule has 0 bridgehead atoms. The maximum Gasteiger partial charge on any atom is 0.0877 e. The fourth-order valence-corrected chi connectivity index (χ4v) is 3.74. The number of hydrogen-bond acceptors (Lipinski definition) is 2. The van der Waals surface area contributed by atoms with Crippen molar-refractivity contribution < 1.29 is 0 Å². The summed E-state index contributed by atoms with van der Waals surface area (Å²) in [6.45, 7) is 21.0. The number of aliphatic imine (C=N–C) groups is 1. The van der Waals surface area contributed by atoms with Crippen LogP contribution in [0.2, 0.25) is 0 Å². The fourth-order valence-electron chi connectivity index (χ4n) is 3.74. The minimum atomic E-state index is -0.244. The van der Waals surface area contributed by atoms with Crippen molar-refractivity contribution in [3.8, 4) is 0 Å². The quantitative estimate of drug-likeness (QED) is 0.412. The molecule has 0 N–H and O–H groups in total. The molecule has 3 rings (SSSR count). The Morgan fingerprint density at radius 1 is 1.25 bits per heavy atom. The summed E-state index contributed by atoms with van der Waals surface area (Å²) < 4.78 is 0. The lowest BCUT2D eigenvalue weighted by Gasteiger charge is -2.48. The molecule has 0 saturated carbocycles. The first kappa shape index (κ1) is 16.5. The van der Waals surface area contributed by atoms with Crippen LogP contribution in [0.4, 0.5) is 5.69 Å². The largest absolute Gasteiger partial charge is 0.334 e. The molecule has 0 fully saturated rings. The molecule has 0 amide bonds. The average Bonchev–Trinajstić information content (AvgIpc) is 2.83. The van der Waals surface area contributed by atoms with Crippen LogP contribution < -0.4 is 4.90 Å². The van der Waals surface area contributed by atoms with E-state index in [9.17, 15) is 0 Å². The van der Waals surface area contributed by atoms with Gasteiger partial charge in [-0.05, 0) is 52.1 Å². The standard InChI is InChI=1S/C22H26N2/c1-15(21(5)12-13-22(21,6)23-7)14-16(2)24-18(4)17(3)19-10-8-9-11-20(19)24/h8-14,18H,2-3,7H2,1,4-6H3/b15-14+. The number of benzene rings is 1. The molecule has 3 unspecified atom stereocenters. The van der Waals surface area contributed by atoms with Crippen LogP contribution >= 0.6 is 0 Å². The number of fused-ring (bicyclic) bond motifs is 1. The monoisotopic (exact) mass is 318 g/mol. The van der Waals surface area contributed by atoms with Crippen LogP contribution in [-0.2, 0) is 0 Å². The normalized spacial score (nSPS) is 31.7. The zero-order valence-corrected chi connectivity index (χ0v) is 15.1. The fraction of sp³-hybridized carbons (Fsp3) is 0.318. The van der Waals surface area contributed by atoms with Crippen molar-refractivity contribution in [3.63, 3.8) is 0 Å². The van der Waals surface area contributed by atoms with E-state index in [1.807, 2.05) is 0 Å². The summed E-state index contributed by atoms with van der Waals surface area (Å²) >= 11 is 0. The molecule has 1 aliphatic carbocycles. The van der Waals surface area contributed by atoms with Crippen molar-refractivity contribution in [1.29, 1.82) is 0 Å². The van der Waals surface area contributed by atoms with Crippen LogP contribution in [0.3, 0.4) is 0 Å². The second-order valence-corrected chi connectivity index (χ2v) is 7.25. The van der Waals surface area contributed by atoms with Crippen LogP contribution in [0.25, 0.3) is 5.57 Å². The maximum atomic E-state index is 4.34. The van der Waals surface area contributed by atoms with Crippen molar-refractivity contribution >= 4 is 18.0 Å². The summed E-state index contributed by atoms with van der Waals surface area (Å²) in [5.41, 5.74) is 5.41. The van der Waals surface area contributed by atoms with E-state index in [1.54, 1.807) is 0 Å². The van der Waals surface area contributed by atoms with E-state index in [0.29, 0.717) is 0 Å². The number of para-hydroxylation sites is 1. The Morgan fingerprint density at radius 2 is 1.92 bits per heavy atom. The molecule has 3 atom stereocenters. The van der Waals surface area contributed by atoms with E-state index in [1.165, 1.54) is 16.8 Å². The second kappa shape index (κ2) is 5.34. The SMILES string of the molecule is C=NC1(C)C=CC1(C)/C(C)=C/C(=C)N1c2ccccc2C(=C)C1C. The summed E-state index contributed by atoms with van der Waals surface area (Å²) in [5.74, 6) is 0. The lowest BCUT2D eigenvalue weighted by molar-refractivity contribution is 0.291. The molecular weight excluding hydrogens is 292 g/mol. The molecule has 0 spiro atoms. The summed E-state index contributed by atoms with van der Waals surface area (Å²) in [5, 5.41) is 0. The molecule has 1 aromatic carbocycles. The highest BCUT2D eigenvalue weighted by molar-refractivity contribution is 5.88. The minimum absolute atomic E-state index is 0.114. The summed E-state index contributed by atoms with van der Waals surface area (Å²) in [4.78, 5) is 6.60. The molecule has 2 aliphatic rings. The molecule has 2 nitrogen and oxygen atoms in total. The van der Waals surface area contributed by atoms with E-state index in [0.717, 1.165) is 11.3 Å². The Hall–Kier alpha value is -2.35. The predicted molar refractivity (Wildman–Crippen MR) is 106 cm³/mol. The average molecular weight is 318 g/mol. The third-order valence-corrected chi connectivity index (χ3v) is 6.03. The number of nitrogens with zero attached hydrogens (tertiary/aromatic N) is 2. The number of anilines is 1. The van der Waals surface area contributed by atoms with Gasteiger partial charge >= 0.3 is 0 Å². The van der Waals surface area contributed by atoms with E-state index >= 15 is 0 Å². The van der Waals surface area contributed by atoms with Crippen LogP contribution in [0.5, 0.6) is 0 Å². The Labute approximate surface area is 145 Å². The van der Waals surface area contributed by atoms with Crippen molar-refractivity contribution in [3.05, 3.63) is 72.5 Å². The van der Waals surface area contributed by atoms with Gasteiger partial charge in [0.2, 0.25) is 0 Å². The van der Waals surface area contributed by atoms with Crippen molar-refractivity contribution in [2.75, 3.05) is 4.90 Å². The van der Waals surface area contributed by atoms with Crippen molar-refractivity contribution in [2.24, 2.45) is 10.4 Å². The maximum absolute atomic E-state index is 4.34. The van der Waals surface area contributed by atoms with Crippen LogP contribution in [0.15, 0.2) is 71.9 Å². The zero-order valence-electron chi connectivity index (χ0n) is 15.1. The van der Waals surface area contributed by atoms with Crippen molar-refractivity contribution in [1.82, 2.24) is 0 Å². The summed E-state index contributed by atoms with van der Waals surface area (Å²) in [6.07, 6.45) is 6.51. The smallest absolute Gasteiger partial charge is 0.0877 e. The Balaban J connectivity index is 1.95. The Morgan fingerprint density at radius 3 is 2.50 bits per heavy atom. The molecular formula is C22H26N2. The third kappa shape index (κ3) is 2.06. The Bertz CT molecular complexity index is 798. The summed E-state index contributed by atoms with van der Waals surface area (Å²) in [6, 6.07) is 8.61. The van der Waals surface area contributed by atoms with Gasteiger partial charge in [0.15, 0.2) is 0 Å². The van der Waals surface area contributed by atoms with Gasteiger partial charge in [-0.25, -0.2) is 0 Å². The highest BCUT2D eigenvalue weighted by atomic mass is 15.2. The molecule has 1 aliphatic heterocycles. The second-order valence-electron chi connectivity index (χ2n) is 7.25. The van der Waals surface area contributed by atoms with Gasteiger partial charge in [-0.1, -0.05) is 49.1 Å². The molecule has 0 saturated heterocycles. The minimum Gasteiger partial charge on any atom is -0.334 e. The number of hydrogen-bond donors (Lipinski definition) is 0. The molecule has 1 aromatic rings. The molecule has 0 aromatic heterocycles. The van der Waals surface area contributed by atoms with Gasteiger partial charge < -0.3 is 4.90 Å². The topological polar surface area (TPSA) is 15.6 Å². The van der Waals surface area contributed by atoms with E-state index in [4.69, 9.17) is 0 Å². The first-order valence-electron chi connectivity index (χ1n) is 8.38. The van der Waals surface area contributed by atoms with Gasteiger partial charge in [-0.2, -0.15) is 0 Å². The summed E-state index contributed by atoms with van der Waals surface area (Å²) in [7, 11) is 0. The third-order valence-electron chi connectivity index (χ3n) is 6.03. The first-order valence-corrected chi connectivity index (χ1v) is 8.38. The number of rotatable bonds is 4. The predicted octanol–water partition coefficient (Wildman–Crippen LogP) is 5.40. The van der Waals surface area contributed by atoms with Gasteiger partial charge in [-0.3, -0.25) is 4.99 Å². The molecule has 1 heterocycles. The van der Waals surface area contributed by atoms with Crippen molar-refractivity contribution in [2.45, 2.75) is 39.3 Å². The number of allylic oxidation sites excluding steroid dienone is 1. The highest BCUT2D eigenvalue weighted by Gasteiger charge is 2.48. The molecule has 124 valence electrons.